The van der Waals surface area contributed by atoms with Gasteiger partial charge in [-0.1, -0.05) is 31.4 Å². The van der Waals surface area contributed by atoms with E-state index in [1.165, 1.54) is 0 Å². The summed E-state index contributed by atoms with van der Waals surface area (Å²) in [5.74, 6) is -0.318. The third-order valence-corrected chi connectivity index (χ3v) is 4.10. The highest BCUT2D eigenvalue weighted by molar-refractivity contribution is 6.34. The van der Waals surface area contributed by atoms with Crippen molar-refractivity contribution in [1.82, 2.24) is 0 Å². The SMILES string of the molecule is CCC(=O)Nc1ccc(Cl)c(NC(=O)C2(N)CCCC2)c1. The number of benzene rings is 1. The lowest BCUT2D eigenvalue weighted by Crippen LogP contribution is -2.48. The van der Waals surface area contributed by atoms with Gasteiger partial charge in [0.15, 0.2) is 0 Å². The van der Waals surface area contributed by atoms with E-state index in [1.807, 2.05) is 0 Å². The molecule has 0 radical (unpaired) electrons. The molecule has 0 saturated heterocycles. The molecular formula is C15H20ClN3O2. The summed E-state index contributed by atoms with van der Waals surface area (Å²) >= 11 is 6.09. The van der Waals surface area contributed by atoms with Crippen LogP contribution in [0.15, 0.2) is 18.2 Å². The van der Waals surface area contributed by atoms with Crippen LogP contribution in [0.4, 0.5) is 11.4 Å². The van der Waals surface area contributed by atoms with Crippen LogP contribution >= 0.6 is 11.6 Å². The largest absolute Gasteiger partial charge is 0.326 e. The normalized spacial score (nSPS) is 16.5. The zero-order chi connectivity index (χ0) is 15.5. The first kappa shape index (κ1) is 15.8. The lowest BCUT2D eigenvalue weighted by Gasteiger charge is -2.22. The topological polar surface area (TPSA) is 84.2 Å². The predicted octanol–water partition coefficient (Wildman–Crippen LogP) is 2.90. The zero-order valence-corrected chi connectivity index (χ0v) is 12.8. The molecule has 1 fully saturated rings. The number of carbonyl (C=O) groups is 2. The Morgan fingerprint density at radius 1 is 1.29 bits per heavy atom. The van der Waals surface area contributed by atoms with Gasteiger partial charge in [0.2, 0.25) is 11.8 Å². The van der Waals surface area contributed by atoms with Crippen molar-refractivity contribution in [2.45, 2.75) is 44.6 Å². The molecule has 2 amide bonds. The van der Waals surface area contributed by atoms with E-state index in [4.69, 9.17) is 17.3 Å². The molecule has 1 aromatic rings. The minimum Gasteiger partial charge on any atom is -0.326 e. The third kappa shape index (κ3) is 3.74. The van der Waals surface area contributed by atoms with Crippen molar-refractivity contribution in [3.05, 3.63) is 23.2 Å². The van der Waals surface area contributed by atoms with E-state index in [9.17, 15) is 9.59 Å². The number of carbonyl (C=O) groups excluding carboxylic acids is 2. The Hall–Kier alpha value is -1.59. The highest BCUT2D eigenvalue weighted by Crippen LogP contribution is 2.31. The molecule has 6 heteroatoms. The Morgan fingerprint density at radius 2 is 1.95 bits per heavy atom. The molecule has 2 rings (SSSR count). The summed E-state index contributed by atoms with van der Waals surface area (Å²) in [5.41, 5.74) is 6.36. The fraction of sp³-hybridized carbons (Fsp3) is 0.467. The second-order valence-electron chi connectivity index (χ2n) is 5.41. The lowest BCUT2D eigenvalue weighted by atomic mass is 9.98. The van der Waals surface area contributed by atoms with Gasteiger partial charge in [-0.3, -0.25) is 9.59 Å². The maximum Gasteiger partial charge on any atom is 0.244 e. The highest BCUT2D eigenvalue weighted by atomic mass is 35.5. The minimum absolute atomic E-state index is 0.0966. The number of hydrogen-bond acceptors (Lipinski definition) is 3. The van der Waals surface area contributed by atoms with E-state index in [0.717, 1.165) is 12.8 Å². The Bertz CT molecular complexity index is 554. The zero-order valence-electron chi connectivity index (χ0n) is 12.0. The summed E-state index contributed by atoms with van der Waals surface area (Å²) in [5, 5.41) is 5.92. The molecular weight excluding hydrogens is 290 g/mol. The maximum atomic E-state index is 12.3. The van der Waals surface area contributed by atoms with Gasteiger partial charge in [0.25, 0.3) is 0 Å². The van der Waals surface area contributed by atoms with E-state index in [-0.39, 0.29) is 11.8 Å². The van der Waals surface area contributed by atoms with Crippen molar-refractivity contribution in [1.29, 1.82) is 0 Å². The fourth-order valence-corrected chi connectivity index (χ4v) is 2.59. The van der Waals surface area contributed by atoms with Crippen molar-refractivity contribution in [2.75, 3.05) is 10.6 Å². The summed E-state index contributed by atoms with van der Waals surface area (Å²) in [6.45, 7) is 1.77. The van der Waals surface area contributed by atoms with Crippen LogP contribution in [-0.2, 0) is 9.59 Å². The summed E-state index contributed by atoms with van der Waals surface area (Å²) in [6.07, 6.45) is 3.68. The van der Waals surface area contributed by atoms with E-state index in [2.05, 4.69) is 10.6 Å². The van der Waals surface area contributed by atoms with Gasteiger partial charge in [-0.05, 0) is 31.0 Å². The molecule has 0 bridgehead atoms. The molecule has 0 aliphatic heterocycles. The summed E-state index contributed by atoms with van der Waals surface area (Å²) in [4.78, 5) is 23.7. The molecule has 0 spiro atoms. The van der Waals surface area contributed by atoms with Crippen molar-refractivity contribution < 1.29 is 9.59 Å². The van der Waals surface area contributed by atoms with E-state index in [0.29, 0.717) is 35.7 Å². The van der Waals surface area contributed by atoms with Gasteiger partial charge < -0.3 is 16.4 Å². The van der Waals surface area contributed by atoms with Crippen LogP contribution < -0.4 is 16.4 Å². The predicted molar refractivity (Wildman–Crippen MR) is 84.4 cm³/mol. The first-order valence-electron chi connectivity index (χ1n) is 7.14. The molecule has 1 aromatic carbocycles. The van der Waals surface area contributed by atoms with Gasteiger partial charge in [-0.15, -0.1) is 0 Å². The Balaban J connectivity index is 2.13. The van der Waals surface area contributed by atoms with Gasteiger partial charge >= 0.3 is 0 Å². The van der Waals surface area contributed by atoms with Gasteiger partial charge in [0.05, 0.1) is 16.2 Å². The van der Waals surface area contributed by atoms with Crippen molar-refractivity contribution in [3.8, 4) is 0 Å². The van der Waals surface area contributed by atoms with Gasteiger partial charge in [-0.25, -0.2) is 0 Å². The molecule has 4 N–H and O–H groups in total. The molecule has 1 aliphatic rings. The van der Waals surface area contributed by atoms with Crippen LogP contribution in [0.2, 0.25) is 5.02 Å². The van der Waals surface area contributed by atoms with Crippen molar-refractivity contribution in [2.24, 2.45) is 5.73 Å². The molecule has 0 atom stereocenters. The lowest BCUT2D eigenvalue weighted by molar-refractivity contribution is -0.121. The highest BCUT2D eigenvalue weighted by Gasteiger charge is 2.37. The van der Waals surface area contributed by atoms with E-state index < -0.39 is 5.54 Å². The van der Waals surface area contributed by atoms with Crippen LogP contribution in [0, 0.1) is 0 Å². The number of hydrogen-bond donors (Lipinski definition) is 3. The molecule has 1 saturated carbocycles. The maximum absolute atomic E-state index is 12.3. The number of anilines is 2. The van der Waals surface area contributed by atoms with Gasteiger partial charge in [0, 0.05) is 12.1 Å². The van der Waals surface area contributed by atoms with E-state index >= 15 is 0 Å². The molecule has 1 aliphatic carbocycles. The first-order chi connectivity index (χ1) is 9.94. The Kier molecular flexibility index (Phi) is 4.85. The number of rotatable bonds is 4. The van der Waals surface area contributed by atoms with Gasteiger partial charge in [-0.2, -0.15) is 0 Å². The fourth-order valence-electron chi connectivity index (χ4n) is 2.43. The second kappa shape index (κ2) is 6.45. The van der Waals surface area contributed by atoms with Crippen LogP contribution in [0.3, 0.4) is 0 Å². The molecule has 21 heavy (non-hydrogen) atoms. The van der Waals surface area contributed by atoms with Gasteiger partial charge in [0.1, 0.15) is 0 Å². The quantitative estimate of drug-likeness (QED) is 0.799. The number of nitrogens with one attached hydrogen (secondary N) is 2. The molecule has 114 valence electrons. The van der Waals surface area contributed by atoms with E-state index in [1.54, 1.807) is 25.1 Å². The average molecular weight is 310 g/mol. The Labute approximate surface area is 129 Å². The molecule has 0 aromatic heterocycles. The number of amides is 2. The third-order valence-electron chi connectivity index (χ3n) is 3.77. The second-order valence-corrected chi connectivity index (χ2v) is 5.82. The molecule has 0 heterocycles. The number of halogens is 1. The molecule has 0 unspecified atom stereocenters. The summed E-state index contributed by atoms with van der Waals surface area (Å²) in [7, 11) is 0. The first-order valence-corrected chi connectivity index (χ1v) is 7.52. The van der Waals surface area contributed by atoms with Crippen LogP contribution in [0.1, 0.15) is 39.0 Å². The standard InChI is InChI=1S/C15H20ClN3O2/c1-2-13(20)18-10-5-6-11(16)12(9-10)19-14(21)15(17)7-3-4-8-15/h5-6,9H,2-4,7-8,17H2,1H3,(H,18,20)(H,19,21). The average Bonchev–Trinajstić information content (AvgIpc) is 2.90. The minimum atomic E-state index is -0.813. The van der Waals surface area contributed by atoms with Crippen molar-refractivity contribution in [3.63, 3.8) is 0 Å². The smallest absolute Gasteiger partial charge is 0.244 e. The Morgan fingerprint density at radius 3 is 2.57 bits per heavy atom. The monoisotopic (exact) mass is 309 g/mol. The van der Waals surface area contributed by atoms with Crippen LogP contribution in [0.5, 0.6) is 0 Å². The molecule has 5 nitrogen and oxygen atoms in total. The van der Waals surface area contributed by atoms with Crippen LogP contribution in [-0.4, -0.2) is 17.4 Å². The van der Waals surface area contributed by atoms with Crippen LogP contribution in [0.25, 0.3) is 0 Å². The summed E-state index contributed by atoms with van der Waals surface area (Å²) in [6, 6.07) is 4.98. The number of nitrogens with two attached hydrogens (primary N) is 1. The summed E-state index contributed by atoms with van der Waals surface area (Å²) < 4.78 is 0. The van der Waals surface area contributed by atoms with Crippen molar-refractivity contribution >= 4 is 34.8 Å².